The van der Waals surface area contributed by atoms with E-state index in [2.05, 4.69) is 5.32 Å². The number of aliphatic hydroxyl groups is 1. The van der Waals surface area contributed by atoms with Gasteiger partial charge in [0.05, 0.1) is 6.61 Å². The van der Waals surface area contributed by atoms with E-state index in [1.165, 1.54) is 6.42 Å². The summed E-state index contributed by atoms with van der Waals surface area (Å²) in [6.45, 7) is 3.20. The van der Waals surface area contributed by atoms with Crippen LogP contribution in [0.1, 0.15) is 51.9 Å². The monoisotopic (exact) mass is 356 g/mol. The van der Waals surface area contributed by atoms with Crippen LogP contribution in [0.3, 0.4) is 0 Å². The van der Waals surface area contributed by atoms with Crippen LogP contribution in [0.25, 0.3) is 0 Å². The molecule has 0 saturated carbocycles. The number of carbonyl (C=O) groups is 2. The first-order valence-electron chi connectivity index (χ1n) is 9.59. The van der Waals surface area contributed by atoms with Gasteiger partial charge in [-0.3, -0.25) is 9.59 Å². The molecule has 3 rings (SSSR count). The molecule has 0 aromatic heterocycles. The van der Waals surface area contributed by atoms with Crippen molar-refractivity contribution in [1.29, 1.82) is 0 Å². The van der Waals surface area contributed by atoms with Crippen molar-refractivity contribution in [2.45, 2.75) is 51.9 Å². The molecule has 2 N–H and O–H groups in total. The molecule has 5 heteroatoms. The third-order valence-electron chi connectivity index (χ3n) is 5.38. The Morgan fingerprint density at radius 1 is 1.04 bits per heavy atom. The lowest BCUT2D eigenvalue weighted by Crippen LogP contribution is -2.37. The lowest BCUT2D eigenvalue weighted by molar-refractivity contribution is -0.128. The number of amides is 1. The van der Waals surface area contributed by atoms with Gasteiger partial charge in [0.1, 0.15) is 0 Å². The zero-order valence-electron chi connectivity index (χ0n) is 15.5. The van der Waals surface area contributed by atoms with Gasteiger partial charge in [0.15, 0.2) is 5.78 Å². The van der Waals surface area contributed by atoms with Crippen LogP contribution in [-0.4, -0.2) is 41.4 Å². The Bertz CT molecular complexity index is 707. The second kappa shape index (κ2) is 8.49. The Hall–Kier alpha value is -2.14. The molecule has 1 fully saturated rings. The van der Waals surface area contributed by atoms with E-state index >= 15 is 0 Å². The highest BCUT2D eigenvalue weighted by Gasteiger charge is 2.24. The van der Waals surface area contributed by atoms with Gasteiger partial charge in [-0.1, -0.05) is 6.08 Å². The molecular formula is C21H28N2O3. The minimum atomic E-state index is -0.0824. The number of hydrogen-bond acceptors (Lipinski definition) is 4. The zero-order chi connectivity index (χ0) is 18.5. The number of aliphatic hydroxyl groups excluding tert-OH is 1. The summed E-state index contributed by atoms with van der Waals surface area (Å²) in [4.78, 5) is 26.1. The van der Waals surface area contributed by atoms with E-state index < -0.39 is 0 Å². The number of hydrogen-bond donors (Lipinski definition) is 2. The van der Waals surface area contributed by atoms with Crippen molar-refractivity contribution in [2.75, 3.05) is 19.7 Å². The normalized spacial score (nSPS) is 21.0. The summed E-state index contributed by atoms with van der Waals surface area (Å²) in [5.74, 6) is 0.248. The van der Waals surface area contributed by atoms with Crippen LogP contribution in [0.5, 0.6) is 0 Å². The van der Waals surface area contributed by atoms with Gasteiger partial charge in [-0.25, -0.2) is 0 Å². The molecule has 1 aliphatic heterocycles. The topological polar surface area (TPSA) is 69.6 Å². The number of piperidine rings is 1. The van der Waals surface area contributed by atoms with Crippen LogP contribution in [0.2, 0.25) is 0 Å². The van der Waals surface area contributed by atoms with Gasteiger partial charge < -0.3 is 15.3 Å². The van der Waals surface area contributed by atoms with Crippen LogP contribution >= 0.6 is 0 Å². The van der Waals surface area contributed by atoms with Crippen molar-refractivity contribution in [2.24, 2.45) is 0 Å². The van der Waals surface area contributed by atoms with Crippen LogP contribution in [0, 0.1) is 0 Å². The highest BCUT2D eigenvalue weighted by Crippen LogP contribution is 2.27. The van der Waals surface area contributed by atoms with E-state index in [1.54, 1.807) is 6.92 Å². The summed E-state index contributed by atoms with van der Waals surface area (Å²) in [5.41, 5.74) is 4.48. The first-order chi connectivity index (χ1) is 12.6. The maximum atomic E-state index is 12.7. The van der Waals surface area contributed by atoms with E-state index in [1.807, 2.05) is 23.1 Å². The summed E-state index contributed by atoms with van der Waals surface area (Å²) >= 11 is 0. The second-order valence-corrected chi connectivity index (χ2v) is 7.25. The molecular weight excluding hydrogens is 328 g/mol. The summed E-state index contributed by atoms with van der Waals surface area (Å²) in [5, 5.41) is 13.2. The third-order valence-corrected chi connectivity index (χ3v) is 5.38. The Labute approximate surface area is 155 Å². The average Bonchev–Trinajstić information content (AvgIpc) is 2.69. The molecule has 140 valence electrons. The van der Waals surface area contributed by atoms with Crippen LogP contribution in [-0.2, 0) is 9.59 Å². The van der Waals surface area contributed by atoms with Crippen LogP contribution < -0.4 is 5.32 Å². The third kappa shape index (κ3) is 4.33. The fraction of sp³-hybridized carbons (Fsp3) is 0.524. The SMILES string of the molecule is CC(=O)C1=CC=C(NC2=C(CO)C=C(C(=O)N3CCCCC3)CC2)CC1. The first kappa shape index (κ1) is 18.6. The molecule has 1 saturated heterocycles. The van der Waals surface area contributed by atoms with E-state index in [0.29, 0.717) is 6.42 Å². The summed E-state index contributed by atoms with van der Waals surface area (Å²) in [6.07, 6.45) is 12.0. The smallest absolute Gasteiger partial charge is 0.249 e. The van der Waals surface area contributed by atoms with Gasteiger partial charge in [-0.2, -0.15) is 0 Å². The first-order valence-corrected chi connectivity index (χ1v) is 9.59. The number of Topliss-reactive ketones (excluding diaryl/α,β-unsaturated/α-hetero) is 1. The van der Waals surface area contributed by atoms with Gasteiger partial charge in [0, 0.05) is 30.1 Å². The van der Waals surface area contributed by atoms with Gasteiger partial charge in [-0.15, -0.1) is 0 Å². The molecule has 0 atom stereocenters. The largest absolute Gasteiger partial charge is 0.392 e. The lowest BCUT2D eigenvalue weighted by Gasteiger charge is -2.29. The Kier molecular flexibility index (Phi) is 6.09. The summed E-state index contributed by atoms with van der Waals surface area (Å²) in [6, 6.07) is 0. The Morgan fingerprint density at radius 2 is 1.77 bits per heavy atom. The molecule has 1 amide bonds. The van der Waals surface area contributed by atoms with Crippen LogP contribution in [0.15, 0.2) is 46.3 Å². The molecule has 0 bridgehead atoms. The Balaban J connectivity index is 1.72. The van der Waals surface area contributed by atoms with Crippen molar-refractivity contribution in [1.82, 2.24) is 10.2 Å². The summed E-state index contributed by atoms with van der Waals surface area (Å²) in [7, 11) is 0. The minimum Gasteiger partial charge on any atom is -0.392 e. The number of rotatable bonds is 5. The van der Waals surface area contributed by atoms with E-state index in [4.69, 9.17) is 0 Å². The maximum Gasteiger partial charge on any atom is 0.249 e. The maximum absolute atomic E-state index is 12.7. The second-order valence-electron chi connectivity index (χ2n) is 7.25. The summed E-state index contributed by atoms with van der Waals surface area (Å²) < 4.78 is 0. The fourth-order valence-electron chi connectivity index (χ4n) is 3.77. The van der Waals surface area contributed by atoms with E-state index in [9.17, 15) is 14.7 Å². The molecule has 0 unspecified atom stereocenters. The number of nitrogens with one attached hydrogen (secondary N) is 1. The minimum absolute atomic E-state index is 0.0824. The van der Waals surface area contributed by atoms with Gasteiger partial charge >= 0.3 is 0 Å². The molecule has 0 aromatic rings. The number of allylic oxidation sites excluding steroid dienone is 5. The predicted molar refractivity (Wildman–Crippen MR) is 101 cm³/mol. The lowest BCUT2D eigenvalue weighted by atomic mass is 9.94. The average molecular weight is 356 g/mol. The van der Waals surface area contributed by atoms with Crippen molar-refractivity contribution < 1.29 is 14.7 Å². The van der Waals surface area contributed by atoms with Crippen LogP contribution in [0.4, 0.5) is 0 Å². The zero-order valence-corrected chi connectivity index (χ0v) is 15.5. The van der Waals surface area contributed by atoms with Gasteiger partial charge in [-0.05, 0) is 75.2 Å². The van der Waals surface area contributed by atoms with E-state index in [-0.39, 0.29) is 18.3 Å². The van der Waals surface area contributed by atoms with Crippen molar-refractivity contribution >= 4 is 11.7 Å². The highest BCUT2D eigenvalue weighted by molar-refractivity contribution is 5.94. The molecule has 1 heterocycles. The van der Waals surface area contributed by atoms with Gasteiger partial charge in [0.25, 0.3) is 0 Å². The molecule has 0 aromatic carbocycles. The number of likely N-dealkylation sites (tertiary alicyclic amines) is 1. The van der Waals surface area contributed by atoms with Crippen molar-refractivity contribution in [3.63, 3.8) is 0 Å². The molecule has 3 aliphatic rings. The number of nitrogens with zero attached hydrogens (tertiary/aromatic N) is 1. The Morgan fingerprint density at radius 3 is 2.38 bits per heavy atom. The van der Waals surface area contributed by atoms with E-state index in [0.717, 1.165) is 73.3 Å². The van der Waals surface area contributed by atoms with Crippen molar-refractivity contribution in [3.8, 4) is 0 Å². The quantitative estimate of drug-likeness (QED) is 0.795. The highest BCUT2D eigenvalue weighted by atomic mass is 16.3. The number of carbonyl (C=O) groups excluding carboxylic acids is 2. The molecule has 2 aliphatic carbocycles. The fourth-order valence-corrected chi connectivity index (χ4v) is 3.77. The predicted octanol–water partition coefficient (Wildman–Crippen LogP) is 2.75. The molecule has 0 spiro atoms. The molecule has 5 nitrogen and oxygen atoms in total. The standard InChI is InChI=1S/C21H28N2O3/c1-15(25)16-5-8-19(9-6-16)22-20-10-7-17(13-18(20)14-24)21(26)23-11-3-2-4-12-23/h5,8,13,22,24H,2-4,6-7,9-12,14H2,1H3. The van der Waals surface area contributed by atoms with Crippen molar-refractivity contribution in [3.05, 3.63) is 46.3 Å². The molecule has 26 heavy (non-hydrogen) atoms. The van der Waals surface area contributed by atoms with Gasteiger partial charge in [0.2, 0.25) is 5.91 Å². The molecule has 0 radical (unpaired) electrons. The number of ketones is 1.